The zero-order valence-corrected chi connectivity index (χ0v) is 15.7. The number of thioether (sulfide) groups is 1. The zero-order valence-electron chi connectivity index (χ0n) is 14.0. The summed E-state index contributed by atoms with van der Waals surface area (Å²) in [6.45, 7) is 4.32. The van der Waals surface area contributed by atoms with Gasteiger partial charge in [-0.2, -0.15) is 4.31 Å². The van der Waals surface area contributed by atoms with Gasteiger partial charge in [0.1, 0.15) is 5.75 Å². The second kappa shape index (κ2) is 6.78. The van der Waals surface area contributed by atoms with Crippen LogP contribution in [-0.2, 0) is 10.0 Å². The minimum absolute atomic E-state index is 0.258. The molecule has 0 radical (unpaired) electrons. The van der Waals surface area contributed by atoms with Crippen molar-refractivity contribution in [1.82, 2.24) is 4.31 Å². The van der Waals surface area contributed by atoms with Crippen molar-refractivity contribution < 1.29 is 13.2 Å². The van der Waals surface area contributed by atoms with Crippen LogP contribution in [0, 0.1) is 13.8 Å². The summed E-state index contributed by atoms with van der Waals surface area (Å²) in [7, 11) is -1.94. The molecule has 0 aliphatic carbocycles. The largest absolute Gasteiger partial charge is 0.496 e. The van der Waals surface area contributed by atoms with E-state index >= 15 is 0 Å². The highest BCUT2D eigenvalue weighted by Crippen LogP contribution is 2.44. The monoisotopic (exact) mass is 363 g/mol. The SMILES string of the molecule is COc1ccccc1[C@H]1SCCN1S(=O)(=O)c1ccc(C)cc1C. The van der Waals surface area contributed by atoms with Crippen molar-refractivity contribution in [3.63, 3.8) is 0 Å². The Bertz CT molecular complexity index is 849. The lowest BCUT2D eigenvalue weighted by Gasteiger charge is -2.25. The molecule has 24 heavy (non-hydrogen) atoms. The molecule has 1 heterocycles. The van der Waals surface area contributed by atoms with Crippen LogP contribution in [0.15, 0.2) is 47.4 Å². The number of sulfonamides is 1. The van der Waals surface area contributed by atoms with Crippen LogP contribution >= 0.6 is 11.8 Å². The molecule has 0 saturated carbocycles. The quantitative estimate of drug-likeness (QED) is 0.830. The second-order valence-corrected chi connectivity index (χ2v) is 8.90. The van der Waals surface area contributed by atoms with Crippen molar-refractivity contribution >= 4 is 21.8 Å². The lowest BCUT2D eigenvalue weighted by atomic mass is 10.2. The molecule has 1 aliphatic heterocycles. The van der Waals surface area contributed by atoms with Gasteiger partial charge < -0.3 is 4.74 Å². The lowest BCUT2D eigenvalue weighted by molar-refractivity contribution is 0.390. The molecule has 3 rings (SSSR count). The van der Waals surface area contributed by atoms with E-state index < -0.39 is 10.0 Å². The number of methoxy groups -OCH3 is 1. The molecule has 1 aliphatic rings. The molecule has 1 saturated heterocycles. The van der Waals surface area contributed by atoms with Crippen LogP contribution in [0.1, 0.15) is 22.1 Å². The molecular weight excluding hydrogens is 342 g/mol. The average Bonchev–Trinajstić information content (AvgIpc) is 3.04. The predicted molar refractivity (Wildman–Crippen MR) is 98.0 cm³/mol. The predicted octanol–water partition coefficient (Wildman–Crippen LogP) is 3.75. The highest BCUT2D eigenvalue weighted by molar-refractivity contribution is 8.01. The summed E-state index contributed by atoms with van der Waals surface area (Å²) in [5.41, 5.74) is 2.74. The molecule has 0 N–H and O–H groups in total. The zero-order chi connectivity index (χ0) is 17.3. The van der Waals surface area contributed by atoms with Crippen molar-refractivity contribution in [2.24, 2.45) is 0 Å². The number of hydrogen-bond acceptors (Lipinski definition) is 4. The molecule has 0 spiro atoms. The summed E-state index contributed by atoms with van der Waals surface area (Å²) in [4.78, 5) is 0.385. The van der Waals surface area contributed by atoms with Crippen LogP contribution in [0.2, 0.25) is 0 Å². The van der Waals surface area contributed by atoms with Gasteiger partial charge in [0, 0.05) is 17.9 Å². The Morgan fingerprint density at radius 1 is 1.17 bits per heavy atom. The maximum absolute atomic E-state index is 13.2. The first kappa shape index (κ1) is 17.3. The van der Waals surface area contributed by atoms with Gasteiger partial charge in [0.05, 0.1) is 17.4 Å². The van der Waals surface area contributed by atoms with Crippen molar-refractivity contribution in [3.05, 3.63) is 59.2 Å². The van der Waals surface area contributed by atoms with Crippen LogP contribution in [0.25, 0.3) is 0 Å². The molecule has 128 valence electrons. The van der Waals surface area contributed by atoms with E-state index in [0.29, 0.717) is 11.4 Å². The number of nitrogens with zero attached hydrogens (tertiary/aromatic N) is 1. The van der Waals surface area contributed by atoms with Crippen molar-refractivity contribution in [3.8, 4) is 5.75 Å². The molecule has 0 amide bonds. The molecule has 4 nitrogen and oxygen atoms in total. The Morgan fingerprint density at radius 2 is 1.92 bits per heavy atom. The van der Waals surface area contributed by atoms with Crippen LogP contribution in [-0.4, -0.2) is 32.1 Å². The lowest BCUT2D eigenvalue weighted by Crippen LogP contribution is -2.31. The first-order valence-corrected chi connectivity index (χ1v) is 10.3. The number of ether oxygens (including phenoxy) is 1. The molecule has 0 bridgehead atoms. The fourth-order valence-corrected chi connectivity index (χ4v) is 6.50. The van der Waals surface area contributed by atoms with Crippen LogP contribution in [0.3, 0.4) is 0 Å². The van der Waals surface area contributed by atoms with Crippen molar-refractivity contribution in [2.45, 2.75) is 24.1 Å². The third kappa shape index (κ3) is 3.06. The summed E-state index contributed by atoms with van der Waals surface area (Å²) in [5, 5.41) is -0.258. The van der Waals surface area contributed by atoms with Crippen LogP contribution < -0.4 is 4.74 Å². The van der Waals surface area contributed by atoms with E-state index in [2.05, 4.69) is 0 Å². The maximum atomic E-state index is 13.2. The topological polar surface area (TPSA) is 46.6 Å². The Labute approximate surface area is 147 Å². The highest BCUT2D eigenvalue weighted by Gasteiger charge is 2.38. The van der Waals surface area contributed by atoms with Gasteiger partial charge in [-0.15, -0.1) is 11.8 Å². The Kier molecular flexibility index (Phi) is 4.90. The minimum atomic E-state index is -3.55. The number of para-hydroxylation sites is 1. The van der Waals surface area contributed by atoms with Gasteiger partial charge >= 0.3 is 0 Å². The highest BCUT2D eigenvalue weighted by atomic mass is 32.2. The first-order valence-electron chi connectivity index (χ1n) is 7.79. The Hall–Kier alpha value is -1.50. The van der Waals surface area contributed by atoms with E-state index in [1.165, 1.54) is 0 Å². The molecule has 6 heteroatoms. The van der Waals surface area contributed by atoms with Gasteiger partial charge in [0.25, 0.3) is 0 Å². The van der Waals surface area contributed by atoms with Crippen LogP contribution in [0.5, 0.6) is 5.75 Å². The second-order valence-electron chi connectivity index (χ2n) is 5.85. The van der Waals surface area contributed by atoms with Crippen LogP contribution in [0.4, 0.5) is 0 Å². The standard InChI is InChI=1S/C18H21NO3S2/c1-13-8-9-17(14(2)12-13)24(20,21)19-10-11-23-18(19)15-6-4-5-7-16(15)22-3/h4-9,12,18H,10-11H2,1-3H3/t18-/m1/s1. The third-order valence-electron chi connectivity index (χ3n) is 4.17. The van der Waals surface area contributed by atoms with E-state index in [1.54, 1.807) is 29.2 Å². The van der Waals surface area contributed by atoms with Crippen molar-refractivity contribution in [1.29, 1.82) is 0 Å². The smallest absolute Gasteiger partial charge is 0.244 e. The molecule has 1 atom stereocenters. The molecular formula is C18H21NO3S2. The molecule has 0 aromatic heterocycles. The third-order valence-corrected chi connectivity index (χ3v) is 7.57. The van der Waals surface area contributed by atoms with E-state index in [4.69, 9.17) is 4.74 Å². The van der Waals surface area contributed by atoms with E-state index in [0.717, 1.165) is 28.2 Å². The van der Waals surface area contributed by atoms with E-state index in [9.17, 15) is 8.42 Å². The van der Waals surface area contributed by atoms with Gasteiger partial charge in [-0.05, 0) is 31.5 Å². The molecule has 1 fully saturated rings. The Balaban J connectivity index is 2.04. The fraction of sp³-hybridized carbons (Fsp3) is 0.333. The van der Waals surface area contributed by atoms with E-state index in [1.807, 2.05) is 50.2 Å². The van der Waals surface area contributed by atoms with Gasteiger partial charge in [0.15, 0.2) is 0 Å². The normalized spacial score (nSPS) is 18.7. The van der Waals surface area contributed by atoms with Gasteiger partial charge in [-0.3, -0.25) is 0 Å². The van der Waals surface area contributed by atoms with E-state index in [-0.39, 0.29) is 5.37 Å². The molecule has 2 aromatic rings. The van der Waals surface area contributed by atoms with Gasteiger partial charge in [-0.1, -0.05) is 35.9 Å². The number of hydrogen-bond donors (Lipinski definition) is 0. The summed E-state index contributed by atoms with van der Waals surface area (Å²) < 4.78 is 33.5. The van der Waals surface area contributed by atoms with Gasteiger partial charge in [-0.25, -0.2) is 8.42 Å². The first-order chi connectivity index (χ1) is 11.4. The van der Waals surface area contributed by atoms with Crippen molar-refractivity contribution in [2.75, 3.05) is 19.4 Å². The Morgan fingerprint density at radius 3 is 2.62 bits per heavy atom. The summed E-state index contributed by atoms with van der Waals surface area (Å²) in [5.74, 6) is 1.49. The minimum Gasteiger partial charge on any atom is -0.496 e. The molecule has 0 unspecified atom stereocenters. The fourth-order valence-electron chi connectivity index (χ4n) is 3.03. The summed E-state index contributed by atoms with van der Waals surface area (Å²) in [6, 6.07) is 13.1. The average molecular weight is 364 g/mol. The molecule has 2 aromatic carbocycles. The summed E-state index contributed by atoms with van der Waals surface area (Å²) >= 11 is 1.63. The number of benzene rings is 2. The van der Waals surface area contributed by atoms with Gasteiger partial charge in [0.2, 0.25) is 10.0 Å². The number of aryl methyl sites for hydroxylation is 2. The maximum Gasteiger partial charge on any atom is 0.244 e. The summed E-state index contributed by atoms with van der Waals surface area (Å²) in [6.07, 6.45) is 0. The number of rotatable bonds is 4.